The molecule has 1 aliphatic rings. The van der Waals surface area contributed by atoms with Crippen LogP contribution in [0.2, 0.25) is 0 Å². The number of amides is 1. The van der Waals surface area contributed by atoms with Crippen molar-refractivity contribution in [3.63, 3.8) is 0 Å². The lowest BCUT2D eigenvalue weighted by molar-refractivity contribution is 0.0925. The molecule has 3 aromatic rings. The van der Waals surface area contributed by atoms with Crippen molar-refractivity contribution in [2.75, 3.05) is 0 Å². The van der Waals surface area contributed by atoms with Gasteiger partial charge in [0.25, 0.3) is 5.91 Å². The van der Waals surface area contributed by atoms with Crippen LogP contribution in [0.1, 0.15) is 49.7 Å². The Morgan fingerprint density at radius 3 is 2.48 bits per heavy atom. The molecule has 1 aromatic carbocycles. The molecule has 0 bridgehead atoms. The number of fused-ring (bicyclic) bond motifs is 1. The Balaban J connectivity index is 1.42. The summed E-state index contributed by atoms with van der Waals surface area (Å²) in [6.45, 7) is 6.67. The maximum absolute atomic E-state index is 13.2. The van der Waals surface area contributed by atoms with E-state index in [4.69, 9.17) is 4.42 Å². The van der Waals surface area contributed by atoms with Crippen molar-refractivity contribution >= 4 is 26.7 Å². The van der Waals surface area contributed by atoms with Crippen molar-refractivity contribution in [3.8, 4) is 0 Å². The Labute approximate surface area is 183 Å². The van der Waals surface area contributed by atoms with E-state index < -0.39 is 9.84 Å². The van der Waals surface area contributed by atoms with Gasteiger partial charge in [0.05, 0.1) is 16.3 Å². The third-order valence-electron chi connectivity index (χ3n) is 6.60. The first-order valence-electron chi connectivity index (χ1n) is 10.7. The maximum atomic E-state index is 13.2. The minimum absolute atomic E-state index is 0.147. The molecular weight excluding hydrogens is 412 g/mol. The van der Waals surface area contributed by atoms with Gasteiger partial charge in [0.1, 0.15) is 0 Å². The summed E-state index contributed by atoms with van der Waals surface area (Å²) in [4.78, 5) is 16.7. The van der Waals surface area contributed by atoms with Gasteiger partial charge in [0, 0.05) is 18.1 Å². The van der Waals surface area contributed by atoms with Crippen molar-refractivity contribution < 1.29 is 17.6 Å². The fourth-order valence-electron chi connectivity index (χ4n) is 4.47. The van der Waals surface area contributed by atoms with Crippen molar-refractivity contribution in [2.45, 2.75) is 50.3 Å². The van der Waals surface area contributed by atoms with Gasteiger partial charge in [-0.15, -0.1) is 0 Å². The molecule has 1 fully saturated rings. The van der Waals surface area contributed by atoms with Crippen LogP contribution in [0.15, 0.2) is 58.1 Å². The summed E-state index contributed by atoms with van der Waals surface area (Å²) < 4.78 is 31.9. The Kier molecular flexibility index (Phi) is 5.88. The van der Waals surface area contributed by atoms with Crippen LogP contribution in [0, 0.1) is 17.8 Å². The van der Waals surface area contributed by atoms with Crippen LogP contribution in [0.5, 0.6) is 0 Å². The summed E-state index contributed by atoms with van der Waals surface area (Å²) in [5, 5.41) is 3.29. The molecule has 4 unspecified atom stereocenters. The minimum atomic E-state index is -3.38. The molecule has 4 atom stereocenters. The molecule has 2 heterocycles. The third-order valence-corrected chi connectivity index (χ3v) is 8.99. The van der Waals surface area contributed by atoms with Crippen LogP contribution >= 0.6 is 0 Å². The smallest absolute Gasteiger partial charge is 0.287 e. The highest BCUT2D eigenvalue weighted by atomic mass is 32.2. The number of rotatable bonds is 5. The average Bonchev–Trinajstić information content (AvgIpc) is 3.19. The highest BCUT2D eigenvalue weighted by Crippen LogP contribution is 2.39. The van der Waals surface area contributed by atoms with Gasteiger partial charge < -0.3 is 9.73 Å². The molecule has 1 N–H and O–H groups in total. The zero-order valence-corrected chi connectivity index (χ0v) is 18.9. The minimum Gasteiger partial charge on any atom is -0.449 e. The van der Waals surface area contributed by atoms with Gasteiger partial charge >= 0.3 is 0 Å². The molecule has 0 radical (unpaired) electrons. The van der Waals surface area contributed by atoms with Gasteiger partial charge in [-0.05, 0) is 60.4 Å². The number of nitrogens with zero attached hydrogens (tertiary/aromatic N) is 1. The van der Waals surface area contributed by atoms with Crippen molar-refractivity contribution in [2.24, 2.45) is 17.8 Å². The average molecular weight is 441 g/mol. The van der Waals surface area contributed by atoms with Crippen molar-refractivity contribution in [1.82, 2.24) is 10.3 Å². The molecular formula is C24H28N2O4S. The molecule has 4 rings (SSSR count). The first-order chi connectivity index (χ1) is 14.8. The van der Waals surface area contributed by atoms with Crippen LogP contribution in [0.25, 0.3) is 11.0 Å². The molecule has 1 amide bonds. The molecule has 0 saturated heterocycles. The van der Waals surface area contributed by atoms with E-state index >= 15 is 0 Å². The van der Waals surface area contributed by atoms with Crippen LogP contribution in [-0.2, 0) is 16.4 Å². The van der Waals surface area contributed by atoms with Gasteiger partial charge in [-0.2, -0.15) is 0 Å². The Morgan fingerprint density at radius 1 is 1.06 bits per heavy atom. The van der Waals surface area contributed by atoms with E-state index in [-0.39, 0.29) is 29.4 Å². The quantitative estimate of drug-likeness (QED) is 0.626. The molecule has 1 saturated carbocycles. The van der Waals surface area contributed by atoms with E-state index in [1.807, 2.05) is 6.92 Å². The number of benzene rings is 1. The Morgan fingerprint density at radius 2 is 1.77 bits per heavy atom. The predicted molar refractivity (Wildman–Crippen MR) is 119 cm³/mol. The SMILES string of the molecule is CC1CC(C)C(S(=O)(=O)c2ccc(CNC(=O)c3cc4ccncc4o3)cc2)CC1C. The summed E-state index contributed by atoms with van der Waals surface area (Å²) in [6.07, 6.45) is 4.85. The number of hydrogen-bond acceptors (Lipinski definition) is 5. The molecule has 31 heavy (non-hydrogen) atoms. The van der Waals surface area contributed by atoms with Gasteiger partial charge in [0.2, 0.25) is 0 Å². The zero-order valence-electron chi connectivity index (χ0n) is 18.0. The predicted octanol–water partition coefficient (Wildman–Crippen LogP) is 4.60. The largest absolute Gasteiger partial charge is 0.449 e. The highest BCUT2D eigenvalue weighted by Gasteiger charge is 2.39. The van der Waals surface area contributed by atoms with E-state index in [1.54, 1.807) is 48.8 Å². The number of aromatic nitrogens is 1. The normalized spacial score (nSPS) is 24.2. The van der Waals surface area contributed by atoms with Crippen LogP contribution in [0.3, 0.4) is 0 Å². The molecule has 2 aromatic heterocycles. The third kappa shape index (κ3) is 4.37. The standard InChI is InChI=1S/C24H28N2O4S/c1-15-10-17(3)23(11-16(15)2)31(28,29)20-6-4-18(5-7-20)13-26-24(27)21-12-19-8-9-25-14-22(19)30-21/h4-9,12,14-17,23H,10-11,13H2,1-3H3,(H,26,27). The highest BCUT2D eigenvalue weighted by molar-refractivity contribution is 7.92. The lowest BCUT2D eigenvalue weighted by atomic mass is 9.76. The van der Waals surface area contributed by atoms with E-state index in [1.165, 1.54) is 0 Å². The van der Waals surface area contributed by atoms with Crippen LogP contribution < -0.4 is 5.32 Å². The van der Waals surface area contributed by atoms with Gasteiger partial charge in [-0.3, -0.25) is 9.78 Å². The second kappa shape index (κ2) is 8.46. The number of furan rings is 1. The van der Waals surface area contributed by atoms with Crippen LogP contribution in [-0.4, -0.2) is 24.6 Å². The number of carbonyl (C=O) groups excluding carboxylic acids is 1. The van der Waals surface area contributed by atoms with E-state index in [0.717, 1.165) is 17.4 Å². The summed E-state index contributed by atoms with van der Waals surface area (Å²) in [6, 6.07) is 10.3. The first-order valence-corrected chi connectivity index (χ1v) is 12.2. The lowest BCUT2D eigenvalue weighted by Crippen LogP contribution is -2.37. The first kappa shape index (κ1) is 21.6. The number of sulfone groups is 1. The molecule has 164 valence electrons. The van der Waals surface area contributed by atoms with Gasteiger partial charge in [-0.25, -0.2) is 8.42 Å². The molecule has 0 aliphatic heterocycles. The molecule has 6 nitrogen and oxygen atoms in total. The summed E-state index contributed by atoms with van der Waals surface area (Å²) in [7, 11) is -3.38. The van der Waals surface area contributed by atoms with Crippen LogP contribution in [0.4, 0.5) is 0 Å². The fourth-order valence-corrected chi connectivity index (χ4v) is 6.62. The van der Waals surface area contributed by atoms with Gasteiger partial charge in [-0.1, -0.05) is 32.9 Å². The summed E-state index contributed by atoms with van der Waals surface area (Å²) >= 11 is 0. The second-order valence-electron chi connectivity index (χ2n) is 8.84. The topological polar surface area (TPSA) is 89.3 Å². The van der Waals surface area contributed by atoms with E-state index in [2.05, 4.69) is 24.1 Å². The summed E-state index contributed by atoms with van der Waals surface area (Å²) in [5.41, 5.74) is 1.38. The number of nitrogens with one attached hydrogen (secondary N) is 1. The Hall–Kier alpha value is -2.67. The van der Waals surface area contributed by atoms with E-state index in [9.17, 15) is 13.2 Å². The summed E-state index contributed by atoms with van der Waals surface area (Å²) in [5.74, 6) is 0.994. The molecule has 1 aliphatic carbocycles. The molecule has 7 heteroatoms. The maximum Gasteiger partial charge on any atom is 0.287 e. The fraction of sp³-hybridized carbons (Fsp3) is 0.417. The van der Waals surface area contributed by atoms with E-state index in [0.29, 0.717) is 28.7 Å². The number of carbonyl (C=O) groups is 1. The number of hydrogen-bond donors (Lipinski definition) is 1. The number of pyridine rings is 1. The van der Waals surface area contributed by atoms with Crippen molar-refractivity contribution in [3.05, 3.63) is 60.1 Å². The second-order valence-corrected chi connectivity index (χ2v) is 11.0. The van der Waals surface area contributed by atoms with Crippen molar-refractivity contribution in [1.29, 1.82) is 0 Å². The Bertz CT molecular complexity index is 1150. The molecule has 0 spiro atoms. The van der Waals surface area contributed by atoms with Gasteiger partial charge in [0.15, 0.2) is 21.2 Å². The zero-order chi connectivity index (χ0) is 22.2. The monoisotopic (exact) mass is 440 g/mol. The lowest BCUT2D eigenvalue weighted by Gasteiger charge is -2.36.